The largest absolute Gasteiger partial charge is 0.300 e. The van der Waals surface area contributed by atoms with Crippen LogP contribution >= 0.6 is 0 Å². The molecule has 0 unspecified atom stereocenters. The van der Waals surface area contributed by atoms with Crippen molar-refractivity contribution in [3.05, 3.63) is 35.1 Å². The molecule has 0 atom stereocenters. The molecule has 1 rings (SSSR count). The van der Waals surface area contributed by atoms with Crippen molar-refractivity contribution in [2.75, 3.05) is 0 Å². The summed E-state index contributed by atoms with van der Waals surface area (Å²) in [5.41, 5.74) is 1.60. The van der Waals surface area contributed by atoms with Crippen LogP contribution < -0.4 is 5.90 Å². The Morgan fingerprint density at radius 3 is 2.69 bits per heavy atom. The van der Waals surface area contributed by atoms with Crippen molar-refractivity contribution in [2.24, 2.45) is 5.90 Å². The number of benzene rings is 1. The van der Waals surface area contributed by atoms with Crippen LogP contribution in [0.5, 0.6) is 0 Å². The SMILES string of the molecule is CC(C)c1cc(CON)ccc1F. The molecule has 0 bridgehead atoms. The van der Waals surface area contributed by atoms with Crippen molar-refractivity contribution in [3.63, 3.8) is 0 Å². The zero-order valence-corrected chi connectivity index (χ0v) is 7.88. The van der Waals surface area contributed by atoms with Gasteiger partial charge < -0.3 is 0 Å². The number of hydrogen-bond donors (Lipinski definition) is 1. The van der Waals surface area contributed by atoms with Gasteiger partial charge in [0.2, 0.25) is 0 Å². The molecular weight excluding hydrogens is 169 g/mol. The fourth-order valence-electron chi connectivity index (χ4n) is 1.22. The molecule has 0 aliphatic carbocycles. The van der Waals surface area contributed by atoms with Crippen LogP contribution in [-0.2, 0) is 11.4 Å². The summed E-state index contributed by atoms with van der Waals surface area (Å²) in [5.74, 6) is 4.94. The molecule has 72 valence electrons. The summed E-state index contributed by atoms with van der Waals surface area (Å²) in [6.07, 6.45) is 0. The molecule has 0 fully saturated rings. The van der Waals surface area contributed by atoms with E-state index in [4.69, 9.17) is 5.90 Å². The molecule has 13 heavy (non-hydrogen) atoms. The molecule has 2 nitrogen and oxygen atoms in total. The zero-order chi connectivity index (χ0) is 9.84. The lowest BCUT2D eigenvalue weighted by molar-refractivity contribution is 0.124. The van der Waals surface area contributed by atoms with Gasteiger partial charge in [-0.05, 0) is 23.1 Å². The van der Waals surface area contributed by atoms with Gasteiger partial charge in [0.05, 0.1) is 6.61 Å². The first kappa shape index (κ1) is 10.2. The number of halogens is 1. The zero-order valence-electron chi connectivity index (χ0n) is 7.88. The standard InChI is InChI=1S/C10H14FNO/c1-7(2)9-5-8(6-13-12)3-4-10(9)11/h3-5,7H,6,12H2,1-2H3. The van der Waals surface area contributed by atoms with Gasteiger partial charge in [-0.1, -0.05) is 26.0 Å². The Kier molecular flexibility index (Phi) is 3.39. The maximum absolute atomic E-state index is 13.2. The lowest BCUT2D eigenvalue weighted by atomic mass is 10.0. The highest BCUT2D eigenvalue weighted by Gasteiger charge is 2.06. The highest BCUT2D eigenvalue weighted by atomic mass is 19.1. The molecule has 2 N–H and O–H groups in total. The first-order valence-electron chi connectivity index (χ1n) is 4.25. The second-order valence-electron chi connectivity index (χ2n) is 3.32. The first-order valence-corrected chi connectivity index (χ1v) is 4.25. The average molecular weight is 183 g/mol. The third-order valence-electron chi connectivity index (χ3n) is 1.93. The van der Waals surface area contributed by atoms with E-state index in [1.54, 1.807) is 12.1 Å². The van der Waals surface area contributed by atoms with Crippen LogP contribution in [0.1, 0.15) is 30.9 Å². The Morgan fingerprint density at radius 1 is 1.46 bits per heavy atom. The molecule has 0 aliphatic rings. The van der Waals surface area contributed by atoms with Crippen LogP contribution in [0.3, 0.4) is 0 Å². The van der Waals surface area contributed by atoms with Crippen molar-refractivity contribution < 1.29 is 9.23 Å². The molecule has 1 aromatic rings. The van der Waals surface area contributed by atoms with E-state index >= 15 is 0 Å². The van der Waals surface area contributed by atoms with Gasteiger partial charge in [-0.3, -0.25) is 4.84 Å². The lowest BCUT2D eigenvalue weighted by Gasteiger charge is -2.08. The van der Waals surface area contributed by atoms with Crippen molar-refractivity contribution in [1.82, 2.24) is 0 Å². The van der Waals surface area contributed by atoms with Crippen LogP contribution in [0.2, 0.25) is 0 Å². The average Bonchev–Trinajstić information content (AvgIpc) is 2.08. The molecule has 1 aromatic carbocycles. The highest BCUT2D eigenvalue weighted by molar-refractivity contribution is 5.26. The topological polar surface area (TPSA) is 35.2 Å². The van der Waals surface area contributed by atoms with E-state index in [-0.39, 0.29) is 11.7 Å². The molecule has 0 saturated carbocycles. The molecule has 0 spiro atoms. The molecule has 3 heteroatoms. The minimum absolute atomic E-state index is 0.171. The molecule has 0 saturated heterocycles. The predicted molar refractivity (Wildman–Crippen MR) is 49.5 cm³/mol. The predicted octanol–water partition coefficient (Wildman–Crippen LogP) is 2.34. The van der Waals surface area contributed by atoms with Crippen LogP contribution in [0.15, 0.2) is 18.2 Å². The maximum atomic E-state index is 13.2. The Labute approximate surface area is 77.5 Å². The summed E-state index contributed by atoms with van der Waals surface area (Å²) >= 11 is 0. The summed E-state index contributed by atoms with van der Waals surface area (Å²) in [6, 6.07) is 4.91. The Balaban J connectivity index is 2.97. The summed E-state index contributed by atoms with van der Waals surface area (Å²) in [5, 5.41) is 0. The Bertz CT molecular complexity index is 286. The highest BCUT2D eigenvalue weighted by Crippen LogP contribution is 2.19. The van der Waals surface area contributed by atoms with Crippen molar-refractivity contribution >= 4 is 0 Å². The van der Waals surface area contributed by atoms with Crippen LogP contribution in [0.25, 0.3) is 0 Å². The number of rotatable bonds is 3. The van der Waals surface area contributed by atoms with Crippen LogP contribution in [0.4, 0.5) is 4.39 Å². The minimum Gasteiger partial charge on any atom is -0.300 e. The van der Waals surface area contributed by atoms with Crippen molar-refractivity contribution in [1.29, 1.82) is 0 Å². The molecule has 0 amide bonds. The van der Waals surface area contributed by atoms with E-state index in [9.17, 15) is 4.39 Å². The van der Waals surface area contributed by atoms with Gasteiger partial charge in [0.15, 0.2) is 0 Å². The van der Waals surface area contributed by atoms with Crippen molar-refractivity contribution in [3.8, 4) is 0 Å². The van der Waals surface area contributed by atoms with E-state index in [2.05, 4.69) is 4.84 Å². The molecule has 0 aromatic heterocycles. The quantitative estimate of drug-likeness (QED) is 0.730. The fraction of sp³-hybridized carbons (Fsp3) is 0.400. The van der Waals surface area contributed by atoms with E-state index in [0.29, 0.717) is 12.2 Å². The lowest BCUT2D eigenvalue weighted by Crippen LogP contribution is -2.01. The minimum atomic E-state index is -0.171. The van der Waals surface area contributed by atoms with Gasteiger partial charge in [0, 0.05) is 0 Å². The number of nitrogens with two attached hydrogens (primary N) is 1. The normalized spacial score (nSPS) is 10.8. The summed E-state index contributed by atoms with van der Waals surface area (Å²) in [7, 11) is 0. The smallest absolute Gasteiger partial charge is 0.126 e. The molecule has 0 aliphatic heterocycles. The molecule has 0 heterocycles. The van der Waals surface area contributed by atoms with E-state index in [0.717, 1.165) is 5.56 Å². The van der Waals surface area contributed by atoms with Gasteiger partial charge in [0.1, 0.15) is 5.82 Å². The van der Waals surface area contributed by atoms with Gasteiger partial charge in [-0.2, -0.15) is 0 Å². The third kappa shape index (κ3) is 2.50. The second-order valence-corrected chi connectivity index (χ2v) is 3.32. The van der Waals surface area contributed by atoms with Gasteiger partial charge in [-0.25, -0.2) is 10.3 Å². The van der Waals surface area contributed by atoms with E-state index in [1.165, 1.54) is 6.07 Å². The maximum Gasteiger partial charge on any atom is 0.126 e. The van der Waals surface area contributed by atoms with Crippen molar-refractivity contribution in [2.45, 2.75) is 26.4 Å². The van der Waals surface area contributed by atoms with E-state index < -0.39 is 0 Å². The van der Waals surface area contributed by atoms with Gasteiger partial charge in [-0.15, -0.1) is 0 Å². The summed E-state index contributed by atoms with van der Waals surface area (Å²) in [6.45, 7) is 4.22. The first-order chi connectivity index (χ1) is 6.15. The third-order valence-corrected chi connectivity index (χ3v) is 1.93. The van der Waals surface area contributed by atoms with Crippen LogP contribution in [0, 0.1) is 5.82 Å². The van der Waals surface area contributed by atoms with Crippen LogP contribution in [-0.4, -0.2) is 0 Å². The monoisotopic (exact) mass is 183 g/mol. The fourth-order valence-corrected chi connectivity index (χ4v) is 1.22. The summed E-state index contributed by atoms with van der Waals surface area (Å²) < 4.78 is 13.2. The van der Waals surface area contributed by atoms with Gasteiger partial charge >= 0.3 is 0 Å². The Morgan fingerprint density at radius 2 is 2.15 bits per heavy atom. The second kappa shape index (κ2) is 4.35. The molecule has 0 radical (unpaired) electrons. The van der Waals surface area contributed by atoms with Gasteiger partial charge in [0.25, 0.3) is 0 Å². The summed E-state index contributed by atoms with van der Waals surface area (Å²) in [4.78, 5) is 4.48. The Hall–Kier alpha value is -0.930. The molecular formula is C10H14FNO. The van der Waals surface area contributed by atoms with E-state index in [1.807, 2.05) is 13.8 Å². The number of hydrogen-bond acceptors (Lipinski definition) is 2.